The largest absolute Gasteiger partial charge is 0.480 e. The van der Waals surface area contributed by atoms with Crippen molar-refractivity contribution in [3.05, 3.63) is 59.7 Å². The van der Waals surface area contributed by atoms with Gasteiger partial charge in [0.1, 0.15) is 24.7 Å². The fourth-order valence-corrected chi connectivity index (χ4v) is 4.88. The molecule has 1 saturated heterocycles. The van der Waals surface area contributed by atoms with Crippen molar-refractivity contribution in [1.82, 2.24) is 15.1 Å². The third-order valence-corrected chi connectivity index (χ3v) is 6.94. The Balaban J connectivity index is 1.27. The molecule has 9 heteroatoms. The second-order valence-electron chi connectivity index (χ2n) is 9.09. The summed E-state index contributed by atoms with van der Waals surface area (Å²) < 4.78 is 5.55. The van der Waals surface area contributed by atoms with Crippen LogP contribution in [0.4, 0.5) is 4.79 Å². The Bertz CT molecular complexity index is 1150. The summed E-state index contributed by atoms with van der Waals surface area (Å²) in [5, 5.41) is 12.2. The molecule has 1 unspecified atom stereocenters. The molecule has 2 aromatic carbocycles. The van der Waals surface area contributed by atoms with Crippen LogP contribution >= 0.6 is 0 Å². The maximum atomic E-state index is 13.2. The number of carbonyl (C=O) groups is 4. The lowest BCUT2D eigenvalue weighted by Gasteiger charge is -2.38. The monoisotopic (exact) mass is 463 g/mol. The first-order valence-corrected chi connectivity index (χ1v) is 11.2. The van der Waals surface area contributed by atoms with E-state index in [4.69, 9.17) is 4.74 Å². The van der Waals surface area contributed by atoms with Crippen LogP contribution in [-0.2, 0) is 19.1 Å². The Morgan fingerprint density at radius 2 is 1.65 bits per heavy atom. The number of fused-ring (bicyclic) bond motifs is 3. The van der Waals surface area contributed by atoms with Crippen molar-refractivity contribution >= 4 is 23.9 Å². The summed E-state index contributed by atoms with van der Waals surface area (Å²) in [6.45, 7) is -0.323. The van der Waals surface area contributed by atoms with Crippen molar-refractivity contribution in [2.24, 2.45) is 0 Å². The third-order valence-electron chi connectivity index (χ3n) is 6.94. The Kier molecular flexibility index (Phi) is 5.27. The average molecular weight is 463 g/mol. The molecule has 3 amide bonds. The van der Waals surface area contributed by atoms with Crippen molar-refractivity contribution in [3.8, 4) is 11.1 Å². The van der Waals surface area contributed by atoms with Gasteiger partial charge in [0, 0.05) is 13.0 Å². The molecule has 0 bridgehead atoms. The molecule has 2 aromatic rings. The summed E-state index contributed by atoms with van der Waals surface area (Å²) in [4.78, 5) is 52.1. The van der Waals surface area contributed by atoms with Crippen LogP contribution in [0, 0.1) is 0 Å². The molecule has 0 aromatic heterocycles. The van der Waals surface area contributed by atoms with Crippen LogP contribution < -0.4 is 5.32 Å². The van der Waals surface area contributed by atoms with Crippen molar-refractivity contribution in [1.29, 1.82) is 0 Å². The number of likely N-dealkylation sites (N-methyl/N-ethyl adjacent to an activating group) is 1. The summed E-state index contributed by atoms with van der Waals surface area (Å²) in [5.41, 5.74) is 3.15. The molecule has 0 radical (unpaired) electrons. The number of nitrogens with zero attached hydrogens (tertiary/aromatic N) is 2. The smallest absolute Gasteiger partial charge is 0.408 e. The molecule has 2 N–H and O–H groups in total. The highest BCUT2D eigenvalue weighted by Gasteiger charge is 2.56. The summed E-state index contributed by atoms with van der Waals surface area (Å²) in [6.07, 6.45) is -0.00810. The first-order valence-electron chi connectivity index (χ1n) is 11.2. The standard InChI is InChI=1S/C25H25N3O6/c1-27-12-20(22(30)31)28(13-21(27)29)23(32)25(10-11-25)26-24(33)34-14-19-17-8-4-2-6-15(17)16-7-3-5-9-18(16)19/h2-9,19-20H,10-14H2,1H3,(H,26,33)(H,30,31). The quantitative estimate of drug-likeness (QED) is 0.699. The van der Waals surface area contributed by atoms with E-state index in [1.807, 2.05) is 48.5 Å². The minimum atomic E-state index is -1.23. The molecule has 1 atom stereocenters. The zero-order valence-electron chi connectivity index (χ0n) is 18.7. The second-order valence-corrected chi connectivity index (χ2v) is 9.09. The summed E-state index contributed by atoms with van der Waals surface area (Å²) in [6, 6.07) is 14.8. The number of aliphatic carboxylic acids is 1. The topological polar surface area (TPSA) is 116 Å². The molecule has 1 saturated carbocycles. The maximum Gasteiger partial charge on any atom is 0.408 e. The van der Waals surface area contributed by atoms with Gasteiger partial charge in [-0.15, -0.1) is 0 Å². The fraction of sp³-hybridized carbons (Fsp3) is 0.360. The lowest BCUT2D eigenvalue weighted by molar-refractivity contribution is -0.160. The van der Waals surface area contributed by atoms with Gasteiger partial charge in [-0.25, -0.2) is 9.59 Å². The zero-order chi connectivity index (χ0) is 24.0. The maximum absolute atomic E-state index is 13.2. The fourth-order valence-electron chi connectivity index (χ4n) is 4.88. The second kappa shape index (κ2) is 8.16. The van der Waals surface area contributed by atoms with E-state index in [0.717, 1.165) is 27.2 Å². The normalized spacial score (nSPS) is 20.4. The lowest BCUT2D eigenvalue weighted by Crippen LogP contribution is -2.63. The van der Waals surface area contributed by atoms with E-state index < -0.39 is 29.6 Å². The average Bonchev–Trinajstić information content (AvgIpc) is 3.53. The van der Waals surface area contributed by atoms with Gasteiger partial charge in [-0.05, 0) is 35.1 Å². The van der Waals surface area contributed by atoms with E-state index in [1.54, 1.807) is 0 Å². The van der Waals surface area contributed by atoms with Gasteiger partial charge in [0.15, 0.2) is 0 Å². The molecule has 5 rings (SSSR count). The number of rotatable bonds is 5. The number of nitrogens with one attached hydrogen (secondary N) is 1. The molecule has 1 aliphatic heterocycles. The van der Waals surface area contributed by atoms with E-state index in [9.17, 15) is 24.3 Å². The number of hydrogen-bond donors (Lipinski definition) is 2. The van der Waals surface area contributed by atoms with E-state index in [0.29, 0.717) is 12.8 Å². The SMILES string of the molecule is CN1CC(C(=O)O)N(C(=O)C2(NC(=O)OCC3c4ccccc4-c4ccccc43)CC2)CC1=O. The van der Waals surface area contributed by atoms with E-state index in [-0.39, 0.29) is 31.5 Å². The van der Waals surface area contributed by atoms with E-state index in [1.165, 1.54) is 11.9 Å². The van der Waals surface area contributed by atoms with Gasteiger partial charge in [0.05, 0.1) is 6.54 Å². The number of hydrogen-bond acceptors (Lipinski definition) is 5. The summed E-state index contributed by atoms with van der Waals surface area (Å²) in [7, 11) is 1.50. The van der Waals surface area contributed by atoms with Gasteiger partial charge in [-0.1, -0.05) is 48.5 Å². The van der Waals surface area contributed by atoms with Gasteiger partial charge in [-0.2, -0.15) is 0 Å². The zero-order valence-corrected chi connectivity index (χ0v) is 18.7. The summed E-state index contributed by atoms with van der Waals surface area (Å²) in [5.74, 6) is -2.21. The Hall–Kier alpha value is -3.88. The first-order chi connectivity index (χ1) is 16.3. The summed E-state index contributed by atoms with van der Waals surface area (Å²) >= 11 is 0. The minimum Gasteiger partial charge on any atom is -0.480 e. The minimum absolute atomic E-state index is 0.0963. The van der Waals surface area contributed by atoms with Crippen LogP contribution in [0.1, 0.15) is 29.9 Å². The predicted molar refractivity (Wildman–Crippen MR) is 121 cm³/mol. The Labute approximate surface area is 196 Å². The first kappa shape index (κ1) is 21.9. The molecule has 176 valence electrons. The van der Waals surface area contributed by atoms with E-state index in [2.05, 4.69) is 5.32 Å². The highest BCUT2D eigenvalue weighted by molar-refractivity contribution is 5.98. The number of carbonyl (C=O) groups excluding carboxylic acids is 3. The molecule has 1 heterocycles. The highest BCUT2D eigenvalue weighted by Crippen LogP contribution is 2.44. The number of amides is 3. The number of piperazine rings is 1. The van der Waals surface area contributed by atoms with Crippen LogP contribution in [0.5, 0.6) is 0 Å². The van der Waals surface area contributed by atoms with Crippen molar-refractivity contribution < 1.29 is 29.0 Å². The third kappa shape index (κ3) is 3.67. The van der Waals surface area contributed by atoms with Crippen LogP contribution in [-0.4, -0.2) is 77.1 Å². The predicted octanol–water partition coefficient (Wildman–Crippen LogP) is 1.81. The van der Waals surface area contributed by atoms with Crippen LogP contribution in [0.3, 0.4) is 0 Å². The van der Waals surface area contributed by atoms with Crippen molar-refractivity contribution in [2.75, 3.05) is 26.7 Å². The van der Waals surface area contributed by atoms with Crippen LogP contribution in [0.2, 0.25) is 0 Å². The number of carboxylic acid groups (broad SMARTS) is 1. The number of alkyl carbamates (subject to hydrolysis) is 1. The van der Waals surface area contributed by atoms with Crippen LogP contribution in [0.25, 0.3) is 11.1 Å². The van der Waals surface area contributed by atoms with Gasteiger partial charge >= 0.3 is 12.1 Å². The highest BCUT2D eigenvalue weighted by atomic mass is 16.5. The van der Waals surface area contributed by atoms with Gasteiger partial charge in [-0.3, -0.25) is 9.59 Å². The van der Waals surface area contributed by atoms with Crippen molar-refractivity contribution in [3.63, 3.8) is 0 Å². The molecular formula is C25H25N3O6. The Morgan fingerprint density at radius 1 is 1.06 bits per heavy atom. The van der Waals surface area contributed by atoms with Gasteiger partial charge in [0.2, 0.25) is 11.8 Å². The lowest BCUT2D eigenvalue weighted by atomic mass is 9.98. The molecule has 2 aliphatic carbocycles. The number of ether oxygens (including phenoxy) is 1. The Morgan fingerprint density at radius 3 is 2.21 bits per heavy atom. The van der Waals surface area contributed by atoms with Crippen molar-refractivity contribution in [2.45, 2.75) is 30.3 Å². The molecule has 0 spiro atoms. The van der Waals surface area contributed by atoms with E-state index >= 15 is 0 Å². The van der Waals surface area contributed by atoms with Crippen LogP contribution in [0.15, 0.2) is 48.5 Å². The van der Waals surface area contributed by atoms with Gasteiger partial charge in [0.25, 0.3) is 0 Å². The van der Waals surface area contributed by atoms with Gasteiger partial charge < -0.3 is 25.0 Å². The molecule has 34 heavy (non-hydrogen) atoms. The number of carboxylic acids is 1. The number of benzene rings is 2. The molecule has 3 aliphatic rings. The molecular weight excluding hydrogens is 438 g/mol. The molecule has 2 fully saturated rings. The molecule has 9 nitrogen and oxygen atoms in total.